The first-order valence-corrected chi connectivity index (χ1v) is 7.49. The molecule has 1 heterocycles. The highest BCUT2D eigenvalue weighted by molar-refractivity contribution is 6.16. The van der Waals surface area contributed by atoms with E-state index in [0.717, 1.165) is 5.56 Å². The molecule has 0 saturated heterocycles. The number of allylic oxidation sites excluding steroid dienone is 1. The lowest BCUT2D eigenvalue weighted by molar-refractivity contribution is -0.136. The van der Waals surface area contributed by atoms with Gasteiger partial charge in [0.15, 0.2) is 0 Å². The highest BCUT2D eigenvalue weighted by Crippen LogP contribution is 2.31. The lowest BCUT2D eigenvalue weighted by Crippen LogP contribution is -2.28. The van der Waals surface area contributed by atoms with E-state index in [2.05, 4.69) is 0 Å². The summed E-state index contributed by atoms with van der Waals surface area (Å²) >= 11 is 0. The number of methoxy groups -OCH3 is 3. The van der Waals surface area contributed by atoms with Gasteiger partial charge in [-0.25, -0.2) is 4.79 Å². The fourth-order valence-corrected chi connectivity index (χ4v) is 2.58. The molecule has 128 valence electrons. The van der Waals surface area contributed by atoms with Crippen LogP contribution in [0, 0.1) is 0 Å². The summed E-state index contributed by atoms with van der Waals surface area (Å²) in [4.78, 5) is 26.4. The van der Waals surface area contributed by atoms with Crippen molar-refractivity contribution in [3.63, 3.8) is 0 Å². The van der Waals surface area contributed by atoms with Crippen LogP contribution in [0.25, 0.3) is 6.08 Å². The van der Waals surface area contributed by atoms with E-state index in [1.165, 1.54) is 12.0 Å². The molecular weight excluding hydrogens is 310 g/mol. The molecule has 0 atom stereocenters. The fraction of sp³-hybridized carbons (Fsp3) is 0.333. The van der Waals surface area contributed by atoms with Gasteiger partial charge in [0.25, 0.3) is 5.91 Å². The molecule has 0 unspecified atom stereocenters. The number of esters is 1. The second-order valence-corrected chi connectivity index (χ2v) is 5.24. The zero-order valence-electron chi connectivity index (χ0n) is 14.3. The quantitative estimate of drug-likeness (QED) is 0.589. The highest BCUT2D eigenvalue weighted by atomic mass is 16.5. The average molecular weight is 331 g/mol. The van der Waals surface area contributed by atoms with E-state index in [0.29, 0.717) is 30.2 Å². The first-order chi connectivity index (χ1) is 11.5. The monoisotopic (exact) mass is 331 g/mol. The van der Waals surface area contributed by atoms with Crippen LogP contribution in [0.1, 0.15) is 12.5 Å². The van der Waals surface area contributed by atoms with Crippen LogP contribution in [0.3, 0.4) is 0 Å². The van der Waals surface area contributed by atoms with Gasteiger partial charge < -0.3 is 19.1 Å². The van der Waals surface area contributed by atoms with Crippen molar-refractivity contribution < 1.29 is 23.8 Å². The third-order valence-corrected chi connectivity index (χ3v) is 3.82. The minimum Gasteiger partial charge on any atom is -0.497 e. The number of benzene rings is 1. The maximum atomic E-state index is 12.7. The van der Waals surface area contributed by atoms with Crippen molar-refractivity contribution in [2.75, 3.05) is 34.5 Å². The number of carbonyl (C=O) groups excluding carboxylic acids is 2. The molecule has 0 N–H and O–H groups in total. The molecule has 0 spiro atoms. The predicted octanol–water partition coefficient (Wildman–Crippen LogP) is 2.01. The largest absolute Gasteiger partial charge is 0.497 e. The first-order valence-electron chi connectivity index (χ1n) is 7.49. The Labute approximate surface area is 141 Å². The van der Waals surface area contributed by atoms with Gasteiger partial charge in [0, 0.05) is 19.4 Å². The van der Waals surface area contributed by atoms with Crippen molar-refractivity contribution in [1.82, 2.24) is 4.90 Å². The van der Waals surface area contributed by atoms with Crippen molar-refractivity contribution in [3.05, 3.63) is 46.7 Å². The second-order valence-electron chi connectivity index (χ2n) is 5.24. The summed E-state index contributed by atoms with van der Waals surface area (Å²) in [6.45, 7) is 2.48. The number of hydrogen-bond donors (Lipinski definition) is 0. The minimum absolute atomic E-state index is 0.243. The summed E-state index contributed by atoms with van der Waals surface area (Å²) in [6.07, 6.45) is 1.67. The van der Waals surface area contributed by atoms with E-state index in [1.54, 1.807) is 33.3 Å². The Morgan fingerprint density at radius 3 is 2.62 bits per heavy atom. The highest BCUT2D eigenvalue weighted by Gasteiger charge is 2.36. The molecule has 1 aliphatic rings. The van der Waals surface area contributed by atoms with E-state index in [4.69, 9.17) is 14.2 Å². The number of amides is 1. The Hall–Kier alpha value is -2.60. The van der Waals surface area contributed by atoms with Crippen molar-refractivity contribution >= 4 is 18.0 Å². The number of rotatable bonds is 6. The Morgan fingerprint density at radius 1 is 1.25 bits per heavy atom. The molecule has 1 aromatic carbocycles. The van der Waals surface area contributed by atoms with Crippen molar-refractivity contribution in [3.8, 4) is 5.75 Å². The van der Waals surface area contributed by atoms with Gasteiger partial charge in [-0.3, -0.25) is 4.79 Å². The van der Waals surface area contributed by atoms with Gasteiger partial charge in [-0.15, -0.1) is 0 Å². The zero-order chi connectivity index (χ0) is 17.7. The van der Waals surface area contributed by atoms with Gasteiger partial charge in [0.1, 0.15) is 5.75 Å². The number of hydrogen-bond acceptors (Lipinski definition) is 5. The van der Waals surface area contributed by atoms with Gasteiger partial charge in [0.2, 0.25) is 0 Å². The van der Waals surface area contributed by atoms with Crippen molar-refractivity contribution in [2.24, 2.45) is 0 Å². The van der Waals surface area contributed by atoms with Crippen molar-refractivity contribution in [2.45, 2.75) is 6.92 Å². The molecule has 1 aliphatic heterocycles. The van der Waals surface area contributed by atoms with E-state index in [9.17, 15) is 9.59 Å². The zero-order valence-corrected chi connectivity index (χ0v) is 14.3. The molecular formula is C18H21NO5. The maximum absolute atomic E-state index is 12.7. The average Bonchev–Trinajstić information content (AvgIpc) is 2.83. The maximum Gasteiger partial charge on any atom is 0.340 e. The molecule has 0 aliphatic carbocycles. The van der Waals surface area contributed by atoms with Gasteiger partial charge in [-0.2, -0.15) is 0 Å². The topological polar surface area (TPSA) is 65.1 Å². The molecule has 0 saturated carbocycles. The fourth-order valence-electron chi connectivity index (χ4n) is 2.58. The van der Waals surface area contributed by atoms with Crippen LogP contribution in [-0.2, 0) is 19.1 Å². The van der Waals surface area contributed by atoms with Crippen molar-refractivity contribution in [1.29, 1.82) is 0 Å². The molecule has 2 rings (SSSR count). The predicted molar refractivity (Wildman–Crippen MR) is 89.3 cm³/mol. The second kappa shape index (κ2) is 7.79. The van der Waals surface area contributed by atoms with E-state index in [1.807, 2.05) is 18.2 Å². The van der Waals surface area contributed by atoms with Crippen LogP contribution in [-0.4, -0.2) is 51.3 Å². The summed E-state index contributed by atoms with van der Waals surface area (Å²) in [6, 6.07) is 7.26. The van der Waals surface area contributed by atoms with Gasteiger partial charge in [-0.1, -0.05) is 12.1 Å². The van der Waals surface area contributed by atoms with Gasteiger partial charge >= 0.3 is 5.97 Å². The SMILES string of the molecule is COCCN1C(=O)C(=Cc2cccc(OC)c2)C(C(=O)OC)=C1C. The van der Waals surface area contributed by atoms with Crippen LogP contribution in [0.5, 0.6) is 5.75 Å². The van der Waals surface area contributed by atoms with E-state index in [-0.39, 0.29) is 11.5 Å². The summed E-state index contributed by atoms with van der Waals surface area (Å²) in [5.74, 6) is -0.103. The summed E-state index contributed by atoms with van der Waals surface area (Å²) in [5, 5.41) is 0. The lowest BCUT2D eigenvalue weighted by atomic mass is 10.0. The van der Waals surface area contributed by atoms with Crippen LogP contribution >= 0.6 is 0 Å². The number of carbonyl (C=O) groups is 2. The van der Waals surface area contributed by atoms with Crippen LogP contribution in [0.2, 0.25) is 0 Å². The lowest BCUT2D eigenvalue weighted by Gasteiger charge is -2.16. The number of nitrogens with zero attached hydrogens (tertiary/aromatic N) is 1. The Bertz CT molecular complexity index is 705. The summed E-state index contributed by atoms with van der Waals surface area (Å²) in [5.41, 5.74) is 1.92. The third-order valence-electron chi connectivity index (χ3n) is 3.82. The first kappa shape index (κ1) is 17.7. The number of ether oxygens (including phenoxy) is 3. The van der Waals surface area contributed by atoms with Crippen LogP contribution in [0.4, 0.5) is 0 Å². The molecule has 0 aromatic heterocycles. The molecule has 6 nitrogen and oxygen atoms in total. The summed E-state index contributed by atoms with van der Waals surface area (Å²) < 4.78 is 15.1. The van der Waals surface area contributed by atoms with Gasteiger partial charge in [0.05, 0.1) is 32.0 Å². The van der Waals surface area contributed by atoms with Crippen LogP contribution in [0.15, 0.2) is 41.1 Å². The molecule has 24 heavy (non-hydrogen) atoms. The third kappa shape index (κ3) is 3.49. The standard InChI is InChI=1S/C18H21NO5/c1-12-16(18(21)24-4)15(17(20)19(12)8-9-22-2)11-13-6-5-7-14(10-13)23-3/h5-7,10-11H,8-9H2,1-4H3. The minimum atomic E-state index is -0.532. The molecule has 0 fully saturated rings. The molecule has 6 heteroatoms. The van der Waals surface area contributed by atoms with Crippen LogP contribution < -0.4 is 4.74 Å². The summed E-state index contributed by atoms with van der Waals surface area (Å²) in [7, 11) is 4.44. The molecule has 0 bridgehead atoms. The molecule has 1 aromatic rings. The van der Waals surface area contributed by atoms with Gasteiger partial charge in [-0.05, 0) is 30.7 Å². The Morgan fingerprint density at radius 2 is 2.00 bits per heavy atom. The normalized spacial score (nSPS) is 16.1. The Kier molecular flexibility index (Phi) is 5.76. The van der Waals surface area contributed by atoms with E-state index < -0.39 is 5.97 Å². The Balaban J connectivity index is 2.47. The van der Waals surface area contributed by atoms with E-state index >= 15 is 0 Å². The molecule has 1 amide bonds. The smallest absolute Gasteiger partial charge is 0.340 e. The molecule has 0 radical (unpaired) electrons.